The summed E-state index contributed by atoms with van der Waals surface area (Å²) >= 11 is 0. The number of ether oxygens (including phenoxy) is 3. The van der Waals surface area contributed by atoms with Crippen LogP contribution in [0.5, 0.6) is 11.5 Å². The van der Waals surface area contributed by atoms with Crippen LogP contribution in [0, 0.1) is 0 Å². The van der Waals surface area contributed by atoms with E-state index in [2.05, 4.69) is 19.2 Å². The zero-order valence-electron chi connectivity index (χ0n) is 11.7. The van der Waals surface area contributed by atoms with Crippen molar-refractivity contribution in [2.45, 2.75) is 26.8 Å². The molecule has 1 N–H and O–H groups in total. The highest BCUT2D eigenvalue weighted by Crippen LogP contribution is 2.29. The van der Waals surface area contributed by atoms with Gasteiger partial charge >= 0.3 is 0 Å². The summed E-state index contributed by atoms with van der Waals surface area (Å²) < 4.78 is 16.1. The van der Waals surface area contributed by atoms with E-state index in [1.165, 1.54) is 0 Å². The number of hydrogen-bond acceptors (Lipinski definition) is 4. The van der Waals surface area contributed by atoms with Gasteiger partial charge in [0, 0.05) is 24.3 Å². The summed E-state index contributed by atoms with van der Waals surface area (Å²) in [5.41, 5.74) is 1.11. The minimum atomic E-state index is 0.234. The summed E-state index contributed by atoms with van der Waals surface area (Å²) in [5.74, 6) is 1.59. The predicted molar refractivity (Wildman–Crippen MR) is 72.2 cm³/mol. The topological polar surface area (TPSA) is 39.7 Å². The van der Waals surface area contributed by atoms with Crippen LogP contribution in [0.15, 0.2) is 18.2 Å². The first kappa shape index (κ1) is 14.8. The van der Waals surface area contributed by atoms with Crippen molar-refractivity contribution < 1.29 is 14.2 Å². The van der Waals surface area contributed by atoms with E-state index in [-0.39, 0.29) is 12.8 Å². The second-order valence-electron chi connectivity index (χ2n) is 3.94. The molecule has 1 rings (SSSR count). The quantitative estimate of drug-likeness (QED) is 0.571. The van der Waals surface area contributed by atoms with Crippen molar-refractivity contribution in [2.75, 3.05) is 27.1 Å². The van der Waals surface area contributed by atoms with Crippen LogP contribution in [0.4, 0.5) is 0 Å². The van der Waals surface area contributed by atoms with Crippen molar-refractivity contribution in [3.63, 3.8) is 0 Å². The van der Waals surface area contributed by atoms with Gasteiger partial charge in [0.2, 0.25) is 0 Å². The highest BCUT2D eigenvalue weighted by Gasteiger charge is 2.12. The van der Waals surface area contributed by atoms with Gasteiger partial charge in [0.25, 0.3) is 0 Å². The molecule has 0 spiro atoms. The lowest BCUT2D eigenvalue weighted by Gasteiger charge is -2.18. The van der Waals surface area contributed by atoms with E-state index in [4.69, 9.17) is 14.2 Å². The third-order valence-corrected chi connectivity index (χ3v) is 2.70. The molecule has 0 bridgehead atoms. The third-order valence-electron chi connectivity index (χ3n) is 2.70. The van der Waals surface area contributed by atoms with Gasteiger partial charge in [-0.2, -0.15) is 0 Å². The Bertz CT molecular complexity index is 355. The molecular weight excluding hydrogens is 230 g/mol. The number of rotatable bonds is 8. The van der Waals surface area contributed by atoms with E-state index < -0.39 is 0 Å². The minimum Gasteiger partial charge on any atom is -0.497 e. The molecule has 1 aromatic carbocycles. The Balaban J connectivity index is 2.85. The van der Waals surface area contributed by atoms with E-state index in [0.29, 0.717) is 6.61 Å². The molecule has 1 unspecified atom stereocenters. The van der Waals surface area contributed by atoms with E-state index in [1.807, 2.05) is 25.1 Å². The Labute approximate surface area is 109 Å². The second-order valence-corrected chi connectivity index (χ2v) is 3.94. The maximum absolute atomic E-state index is 5.65. The first-order valence-electron chi connectivity index (χ1n) is 6.34. The summed E-state index contributed by atoms with van der Waals surface area (Å²) in [7, 11) is 1.65. The zero-order valence-corrected chi connectivity index (χ0v) is 11.7. The average Bonchev–Trinajstić information content (AvgIpc) is 2.39. The van der Waals surface area contributed by atoms with Gasteiger partial charge in [-0.3, -0.25) is 0 Å². The van der Waals surface area contributed by atoms with Gasteiger partial charge in [0.05, 0.1) is 7.11 Å². The van der Waals surface area contributed by atoms with E-state index in [9.17, 15) is 0 Å². The van der Waals surface area contributed by atoms with E-state index in [0.717, 1.165) is 23.6 Å². The third kappa shape index (κ3) is 4.20. The minimum absolute atomic E-state index is 0.234. The van der Waals surface area contributed by atoms with Crippen molar-refractivity contribution >= 4 is 0 Å². The predicted octanol–water partition coefficient (Wildman–Crippen LogP) is 2.74. The zero-order chi connectivity index (χ0) is 13.4. The molecule has 1 aromatic rings. The fraction of sp³-hybridized carbons (Fsp3) is 0.571. The van der Waals surface area contributed by atoms with Crippen LogP contribution < -0.4 is 14.8 Å². The number of nitrogens with one attached hydrogen (secondary N) is 1. The maximum atomic E-state index is 5.65. The second kappa shape index (κ2) is 7.95. The Morgan fingerprint density at radius 2 is 2.06 bits per heavy atom. The van der Waals surface area contributed by atoms with Crippen LogP contribution in [0.25, 0.3) is 0 Å². The van der Waals surface area contributed by atoms with Crippen molar-refractivity contribution in [2.24, 2.45) is 0 Å². The molecule has 0 heterocycles. The Morgan fingerprint density at radius 3 is 2.67 bits per heavy atom. The smallest absolute Gasteiger partial charge is 0.189 e. The Kier molecular flexibility index (Phi) is 6.54. The molecule has 0 fully saturated rings. The van der Waals surface area contributed by atoms with Gasteiger partial charge in [-0.1, -0.05) is 13.0 Å². The SMILES string of the molecule is CCNC(C)c1ccc(OC)cc1OCOCC. The maximum Gasteiger partial charge on any atom is 0.189 e. The average molecular weight is 253 g/mol. The summed E-state index contributed by atoms with van der Waals surface area (Å²) in [4.78, 5) is 0. The molecule has 0 aliphatic carbocycles. The summed E-state index contributed by atoms with van der Waals surface area (Å²) in [6.07, 6.45) is 0. The van der Waals surface area contributed by atoms with Crippen LogP contribution in [0.2, 0.25) is 0 Å². The largest absolute Gasteiger partial charge is 0.497 e. The van der Waals surface area contributed by atoms with Crippen LogP contribution >= 0.6 is 0 Å². The van der Waals surface area contributed by atoms with E-state index in [1.54, 1.807) is 7.11 Å². The monoisotopic (exact) mass is 253 g/mol. The molecule has 18 heavy (non-hydrogen) atoms. The molecule has 4 heteroatoms. The molecule has 0 aromatic heterocycles. The van der Waals surface area contributed by atoms with Gasteiger partial charge in [-0.05, 0) is 26.5 Å². The fourth-order valence-corrected chi connectivity index (χ4v) is 1.73. The van der Waals surface area contributed by atoms with E-state index >= 15 is 0 Å². The normalized spacial score (nSPS) is 12.2. The molecule has 0 amide bonds. The molecule has 4 nitrogen and oxygen atoms in total. The summed E-state index contributed by atoms with van der Waals surface area (Å²) in [5, 5.41) is 3.37. The fourth-order valence-electron chi connectivity index (χ4n) is 1.73. The standard InChI is InChI=1S/C14H23NO3/c1-5-15-11(3)13-8-7-12(16-4)9-14(13)18-10-17-6-2/h7-9,11,15H,5-6,10H2,1-4H3. The summed E-state index contributed by atoms with van der Waals surface area (Å²) in [6, 6.07) is 6.09. The lowest BCUT2D eigenvalue weighted by Crippen LogP contribution is -2.19. The molecular formula is C14H23NO3. The highest BCUT2D eigenvalue weighted by atomic mass is 16.7. The van der Waals surface area contributed by atoms with Gasteiger partial charge < -0.3 is 19.5 Å². The van der Waals surface area contributed by atoms with Crippen LogP contribution in [0.3, 0.4) is 0 Å². The Morgan fingerprint density at radius 1 is 1.28 bits per heavy atom. The number of hydrogen-bond donors (Lipinski definition) is 1. The van der Waals surface area contributed by atoms with Crippen LogP contribution in [-0.4, -0.2) is 27.1 Å². The van der Waals surface area contributed by atoms with Gasteiger partial charge in [0.15, 0.2) is 6.79 Å². The first-order valence-corrected chi connectivity index (χ1v) is 6.34. The Hall–Kier alpha value is -1.26. The molecule has 102 valence electrons. The molecule has 0 aliphatic rings. The molecule has 0 radical (unpaired) electrons. The van der Waals surface area contributed by atoms with Crippen molar-refractivity contribution in [3.05, 3.63) is 23.8 Å². The van der Waals surface area contributed by atoms with Gasteiger partial charge in [-0.15, -0.1) is 0 Å². The lowest BCUT2D eigenvalue weighted by atomic mass is 10.1. The molecule has 0 aliphatic heterocycles. The lowest BCUT2D eigenvalue weighted by molar-refractivity contribution is 0.0215. The van der Waals surface area contributed by atoms with Crippen molar-refractivity contribution in [1.29, 1.82) is 0 Å². The molecule has 1 atom stereocenters. The summed E-state index contributed by atoms with van der Waals surface area (Å²) in [6.45, 7) is 7.95. The number of benzene rings is 1. The van der Waals surface area contributed by atoms with Crippen LogP contribution in [-0.2, 0) is 4.74 Å². The highest BCUT2D eigenvalue weighted by molar-refractivity contribution is 5.42. The number of methoxy groups -OCH3 is 1. The first-order chi connectivity index (χ1) is 8.72. The van der Waals surface area contributed by atoms with Crippen LogP contribution in [0.1, 0.15) is 32.4 Å². The van der Waals surface area contributed by atoms with Gasteiger partial charge in [0.1, 0.15) is 11.5 Å². The van der Waals surface area contributed by atoms with Crippen molar-refractivity contribution in [1.82, 2.24) is 5.32 Å². The molecule has 0 saturated heterocycles. The van der Waals surface area contributed by atoms with Crippen molar-refractivity contribution in [3.8, 4) is 11.5 Å². The van der Waals surface area contributed by atoms with Gasteiger partial charge in [-0.25, -0.2) is 0 Å². The molecule has 0 saturated carbocycles.